The van der Waals surface area contributed by atoms with Crippen LogP contribution >= 0.6 is 0 Å². The molecule has 2 amide bonds. The van der Waals surface area contributed by atoms with Gasteiger partial charge >= 0.3 is 0 Å². The van der Waals surface area contributed by atoms with Crippen LogP contribution in [0.5, 0.6) is 0 Å². The minimum Gasteiger partial charge on any atom is -0.338 e. The highest BCUT2D eigenvalue weighted by atomic mass is 16.5. The topological polar surface area (TPSA) is 87.5 Å². The summed E-state index contributed by atoms with van der Waals surface area (Å²) in [6.07, 6.45) is 0. The summed E-state index contributed by atoms with van der Waals surface area (Å²) in [5.41, 5.74) is 1.43. The minimum atomic E-state index is -0.520. The van der Waals surface area contributed by atoms with Crippen LogP contribution in [0.2, 0.25) is 0 Å². The highest BCUT2D eigenvalue weighted by Gasteiger charge is 2.21. The fraction of sp³-hybridized carbons (Fsp3) is 0.250. The Kier molecular flexibility index (Phi) is 5.52. The number of amides is 2. The fourth-order valence-corrected chi connectivity index (χ4v) is 2.74. The largest absolute Gasteiger partial charge is 0.338 e. The molecule has 0 fully saturated rings. The molecule has 0 unspecified atom stereocenters. The van der Waals surface area contributed by atoms with Crippen molar-refractivity contribution < 1.29 is 14.1 Å². The molecule has 0 saturated heterocycles. The Bertz CT molecular complexity index is 961. The van der Waals surface area contributed by atoms with Gasteiger partial charge in [-0.1, -0.05) is 41.6 Å². The maximum Gasteiger partial charge on any atom is 0.243 e. The summed E-state index contributed by atoms with van der Waals surface area (Å²) in [5, 5.41) is 11.3. The molecule has 7 nitrogen and oxygen atoms in total. The van der Waals surface area contributed by atoms with Crippen molar-refractivity contribution in [2.75, 3.05) is 24.2 Å². The summed E-state index contributed by atoms with van der Waals surface area (Å²) in [7, 11) is 1.72. The van der Waals surface area contributed by atoms with Crippen molar-refractivity contribution in [1.29, 1.82) is 0 Å². The van der Waals surface area contributed by atoms with Crippen LogP contribution in [0.3, 0.4) is 0 Å². The predicted molar refractivity (Wildman–Crippen MR) is 105 cm³/mol. The molecule has 3 rings (SSSR count). The zero-order valence-electron chi connectivity index (χ0n) is 15.5. The van der Waals surface area contributed by atoms with Crippen LogP contribution in [-0.4, -0.2) is 41.5 Å². The molecule has 140 valence electrons. The van der Waals surface area contributed by atoms with E-state index >= 15 is 0 Å². The van der Waals surface area contributed by atoms with Crippen molar-refractivity contribution in [1.82, 2.24) is 10.1 Å². The number of hydrogen-bond donors (Lipinski definition) is 2. The molecule has 7 heteroatoms. The van der Waals surface area contributed by atoms with E-state index in [-0.39, 0.29) is 24.2 Å². The van der Waals surface area contributed by atoms with Crippen LogP contribution in [0.4, 0.5) is 11.6 Å². The molecule has 1 aromatic heterocycles. The third-order valence-corrected chi connectivity index (χ3v) is 4.37. The van der Waals surface area contributed by atoms with Gasteiger partial charge in [0.15, 0.2) is 0 Å². The smallest absolute Gasteiger partial charge is 0.243 e. The number of nitrogens with one attached hydrogen (secondary N) is 2. The zero-order valence-corrected chi connectivity index (χ0v) is 15.5. The standard InChI is InChI=1S/C20H22N4O3/c1-13-11-19(27-23-13)22-20(26)14(2)24(3)12-18(25)21-17-10-6-8-15-7-4-5-9-16(15)17/h4-11,14H,12H2,1-3H3,(H,21,25)(H,22,26)/t14-/m0/s1. The maximum absolute atomic E-state index is 12.4. The van der Waals surface area contributed by atoms with Gasteiger partial charge in [-0.25, -0.2) is 0 Å². The lowest BCUT2D eigenvalue weighted by Crippen LogP contribution is -2.43. The third kappa shape index (κ3) is 4.51. The van der Waals surface area contributed by atoms with Gasteiger partial charge in [0.25, 0.3) is 0 Å². The van der Waals surface area contributed by atoms with E-state index in [0.29, 0.717) is 5.69 Å². The molecule has 0 aliphatic carbocycles. The van der Waals surface area contributed by atoms with Crippen molar-refractivity contribution >= 4 is 34.2 Å². The zero-order chi connectivity index (χ0) is 19.4. The Morgan fingerprint density at radius 3 is 2.63 bits per heavy atom. The summed E-state index contributed by atoms with van der Waals surface area (Å²) < 4.78 is 4.99. The first-order chi connectivity index (χ1) is 12.9. The van der Waals surface area contributed by atoms with Crippen LogP contribution in [-0.2, 0) is 9.59 Å². The van der Waals surface area contributed by atoms with Crippen LogP contribution in [0.25, 0.3) is 10.8 Å². The highest BCUT2D eigenvalue weighted by molar-refractivity contribution is 6.03. The van der Waals surface area contributed by atoms with E-state index in [9.17, 15) is 9.59 Å². The van der Waals surface area contributed by atoms with Gasteiger partial charge in [-0.15, -0.1) is 0 Å². The van der Waals surface area contributed by atoms with Crippen LogP contribution in [0.15, 0.2) is 53.1 Å². The van der Waals surface area contributed by atoms with Gasteiger partial charge in [-0.3, -0.25) is 19.8 Å². The molecule has 0 aliphatic rings. The number of anilines is 2. The number of carbonyl (C=O) groups excluding carboxylic acids is 2. The average molecular weight is 366 g/mol. The molecule has 2 aromatic carbocycles. The van der Waals surface area contributed by atoms with Gasteiger partial charge in [0.05, 0.1) is 18.3 Å². The van der Waals surface area contributed by atoms with Gasteiger partial charge < -0.3 is 9.84 Å². The van der Waals surface area contributed by atoms with Crippen LogP contribution in [0.1, 0.15) is 12.6 Å². The van der Waals surface area contributed by atoms with E-state index in [1.807, 2.05) is 42.5 Å². The van der Waals surface area contributed by atoms with E-state index in [1.165, 1.54) is 0 Å². The molecule has 27 heavy (non-hydrogen) atoms. The molecular weight excluding hydrogens is 344 g/mol. The summed E-state index contributed by atoms with van der Waals surface area (Å²) in [4.78, 5) is 26.4. The van der Waals surface area contributed by atoms with Crippen LogP contribution < -0.4 is 10.6 Å². The Labute approximate surface area is 157 Å². The fourth-order valence-electron chi connectivity index (χ4n) is 2.74. The Morgan fingerprint density at radius 1 is 1.15 bits per heavy atom. The van der Waals surface area contributed by atoms with Crippen molar-refractivity contribution in [3.8, 4) is 0 Å². The van der Waals surface area contributed by atoms with Crippen molar-refractivity contribution in [3.63, 3.8) is 0 Å². The van der Waals surface area contributed by atoms with E-state index in [0.717, 1.165) is 16.5 Å². The second-order valence-corrected chi connectivity index (χ2v) is 6.49. The normalized spacial score (nSPS) is 12.1. The van der Waals surface area contributed by atoms with Crippen molar-refractivity contribution in [3.05, 3.63) is 54.2 Å². The predicted octanol–water partition coefficient (Wildman–Crippen LogP) is 3.03. The van der Waals surface area contributed by atoms with E-state index in [2.05, 4.69) is 15.8 Å². The molecule has 0 spiro atoms. The second-order valence-electron chi connectivity index (χ2n) is 6.49. The third-order valence-electron chi connectivity index (χ3n) is 4.37. The van der Waals surface area contributed by atoms with Gasteiger partial charge in [-0.05, 0) is 32.3 Å². The molecule has 1 atom stereocenters. The first-order valence-electron chi connectivity index (χ1n) is 8.66. The number of likely N-dealkylation sites (N-methyl/N-ethyl adjacent to an activating group) is 1. The lowest BCUT2D eigenvalue weighted by atomic mass is 10.1. The Morgan fingerprint density at radius 2 is 1.89 bits per heavy atom. The number of benzene rings is 2. The number of rotatable bonds is 6. The number of aromatic nitrogens is 1. The monoisotopic (exact) mass is 366 g/mol. The molecular formula is C20H22N4O3. The van der Waals surface area contributed by atoms with E-state index in [1.54, 1.807) is 31.9 Å². The number of hydrogen-bond acceptors (Lipinski definition) is 5. The van der Waals surface area contributed by atoms with Gasteiger partial charge in [0, 0.05) is 17.1 Å². The maximum atomic E-state index is 12.4. The summed E-state index contributed by atoms with van der Waals surface area (Å²) in [6, 6.07) is 14.7. The number of carbonyl (C=O) groups is 2. The molecule has 0 aliphatic heterocycles. The molecule has 0 saturated carbocycles. The number of fused-ring (bicyclic) bond motifs is 1. The SMILES string of the molecule is Cc1cc(NC(=O)[C@H](C)N(C)CC(=O)Nc2cccc3ccccc23)on1. The van der Waals surface area contributed by atoms with Gasteiger partial charge in [-0.2, -0.15) is 0 Å². The lowest BCUT2D eigenvalue weighted by Gasteiger charge is -2.22. The van der Waals surface area contributed by atoms with Gasteiger partial charge in [0.1, 0.15) is 0 Å². The van der Waals surface area contributed by atoms with Crippen molar-refractivity contribution in [2.24, 2.45) is 0 Å². The Hall–Kier alpha value is -3.19. The molecule has 3 aromatic rings. The van der Waals surface area contributed by atoms with Crippen molar-refractivity contribution in [2.45, 2.75) is 19.9 Å². The molecule has 2 N–H and O–H groups in total. The summed E-state index contributed by atoms with van der Waals surface area (Å²) in [6.45, 7) is 3.57. The lowest BCUT2D eigenvalue weighted by molar-refractivity contribution is -0.122. The van der Waals surface area contributed by atoms with Gasteiger partial charge in [0.2, 0.25) is 17.7 Å². The number of nitrogens with zero attached hydrogens (tertiary/aromatic N) is 2. The number of aryl methyl sites for hydroxylation is 1. The molecule has 1 heterocycles. The summed E-state index contributed by atoms with van der Waals surface area (Å²) >= 11 is 0. The Balaban J connectivity index is 1.60. The quantitative estimate of drug-likeness (QED) is 0.700. The highest BCUT2D eigenvalue weighted by Crippen LogP contribution is 2.22. The first kappa shape index (κ1) is 18.6. The minimum absolute atomic E-state index is 0.0766. The van der Waals surface area contributed by atoms with E-state index in [4.69, 9.17) is 4.52 Å². The molecule has 0 bridgehead atoms. The second kappa shape index (κ2) is 8.01. The summed E-state index contributed by atoms with van der Waals surface area (Å²) in [5.74, 6) is -0.173. The molecule has 0 radical (unpaired) electrons. The van der Waals surface area contributed by atoms with Crippen LogP contribution in [0, 0.1) is 6.92 Å². The van der Waals surface area contributed by atoms with E-state index < -0.39 is 6.04 Å². The first-order valence-corrected chi connectivity index (χ1v) is 8.66. The average Bonchev–Trinajstić information content (AvgIpc) is 3.06.